The predicted octanol–water partition coefficient (Wildman–Crippen LogP) is 25.7. The number of aromatic amines is 5. The second-order valence-corrected chi connectivity index (χ2v) is 35.0. The van der Waals surface area contributed by atoms with Crippen molar-refractivity contribution in [2.45, 2.75) is 70.8 Å². The monoisotopic (exact) mass is 1970 g/mol. The van der Waals surface area contributed by atoms with Crippen LogP contribution >= 0.6 is 23.2 Å². The number of morpholine rings is 1. The average molecular weight is 1970 g/mol. The molecule has 0 aliphatic carbocycles. The van der Waals surface area contributed by atoms with Crippen LogP contribution in [0, 0.1) is 0 Å². The molecule has 7 aliphatic heterocycles. The maximum Gasteiger partial charge on any atom is 0.416 e. The second kappa shape index (κ2) is 44.0. The van der Waals surface area contributed by atoms with Gasteiger partial charge in [0.05, 0.1) is 49.7 Å². The predicted molar refractivity (Wildman–Crippen MR) is 552 cm³/mol. The van der Waals surface area contributed by atoms with Crippen LogP contribution in [0.5, 0.6) is 11.5 Å². The number of carbonyl (C=O) groups excluding carboxylic acids is 5. The second-order valence-electron chi connectivity index (χ2n) is 34.1. The first-order valence-electron chi connectivity index (χ1n) is 45.8. The molecule has 0 bridgehead atoms. The average Bonchev–Trinajstić information content (AvgIpc) is 1.73. The first-order valence-corrected chi connectivity index (χ1v) is 46.5. The van der Waals surface area contributed by atoms with Gasteiger partial charge in [-0.25, -0.2) is 0 Å². The summed E-state index contributed by atoms with van der Waals surface area (Å²) in [6.07, 6.45) is 12.3. The van der Waals surface area contributed by atoms with Crippen LogP contribution < -0.4 is 55.2 Å². The Balaban J connectivity index is 0.000000129. The zero-order valence-electron chi connectivity index (χ0n) is 78.3. The quantitative estimate of drug-likeness (QED) is 0.0321. The van der Waals surface area contributed by atoms with Crippen LogP contribution in [0.1, 0.15) is 142 Å². The molecule has 0 saturated carbocycles. The summed E-state index contributed by atoms with van der Waals surface area (Å²) in [5.41, 5.74) is 15.1. The molecular formula is C111H101Cl2F6N15O9. The van der Waals surface area contributed by atoms with Gasteiger partial charge in [-0.2, -0.15) is 26.3 Å². The van der Waals surface area contributed by atoms with Gasteiger partial charge in [0.15, 0.2) is 0 Å². The lowest BCUT2D eigenvalue weighted by molar-refractivity contribution is -0.138. The van der Waals surface area contributed by atoms with Gasteiger partial charge in [-0.05, 0) is 269 Å². The highest BCUT2D eigenvalue weighted by Crippen LogP contribution is 2.45. The number of hydrogen-bond donors (Lipinski definition) is 9. The van der Waals surface area contributed by atoms with Gasteiger partial charge in [-0.15, -0.1) is 0 Å². The molecule has 5 amide bonds. The number of ether oxygens (including phenoxy) is 4. The fraction of sp³-hybridized carbons (Fsp3) is 0.162. The number of fused-ring (bicyclic) bond motifs is 5. The third-order valence-electron chi connectivity index (χ3n) is 23.8. The fourth-order valence-corrected chi connectivity index (χ4v) is 16.9. The normalized spacial score (nSPS) is 15.0. The van der Waals surface area contributed by atoms with Crippen LogP contribution in [0.4, 0.5) is 89.6 Å². The number of aromatic nitrogens is 5. The SMILES string of the molecule is C=C1C=Cc2cc(C(=O)N3CCOCC3)[nH]c2N1c1ccc(Cl)cc1.C=C1C=Cc2cc(C(=O)NC(C)c3ccccc3)[nH]c2N1c1ccc(C(F)(F)F)cc1.C=C1C=Cc2cc(C(=O)NCC3CCCO3)[nH]c2N1c1ccc(OC(C)C)cc1.C=C1C=Cc2cc(C(=O)NCc3ccccc3)[nH]c2N1c1ccc(C(F)(F)F)cc1.C=C1C=Cc2cc(C(=O)Nc3cccc(OC)c3)[nH]c2N1c1ccc(Cl)cc1. The van der Waals surface area contributed by atoms with E-state index in [-0.39, 0.29) is 47.8 Å². The van der Waals surface area contributed by atoms with E-state index in [1.165, 1.54) is 24.3 Å². The van der Waals surface area contributed by atoms with Gasteiger partial charge >= 0.3 is 12.4 Å². The molecule has 730 valence electrons. The Hall–Kier alpha value is -16.4. The number of anilines is 11. The standard InChI is InChI=1S/C24H20F3N3O.C23H18F3N3O.C23H27N3O3.C22H18ClN3O2.C19H18ClN3O2/c1-15-8-9-18-14-21(23(31)28-16(2)17-6-4-3-5-7-17)29-22(18)30(15)20-12-10-19(11-13-20)24(25,26)27;1-15-7-8-17-13-20(22(30)27-14-16-5-3-2-4-6-16)28-21(17)29(15)19-11-9-18(10-12-19)23(24,25)26;1-15(2)29-19-10-8-18(9-11-19)26-16(3)6-7-17-13-21(25-22(17)26)23(27)24-14-20-5-4-12-28-20;1-14-6-7-15-12-20(22(27)24-17-4-3-5-19(13-17)28-2)25-21(15)26(14)18-10-8-16(23)9-11-18;1-13-2-3-14-12-17(19(24)22-8-10-25-11-9-22)21-18(14)23(13)16-6-4-15(20)5-7-16/h3-14,16,29H,1H2,2H3,(H,28,31);2-13,28H,1,14H2,(H,27,30);6-11,13,15,20,25H,3-5,12,14H2,1-2H3,(H,24,27);3-13,25H,1H2,2H3,(H,24,27);2-7,12,21H,1,8-11H2. The summed E-state index contributed by atoms with van der Waals surface area (Å²) >= 11 is 12.0. The number of halogens is 8. The van der Waals surface area contributed by atoms with E-state index in [0.717, 1.165) is 140 Å². The third-order valence-corrected chi connectivity index (χ3v) is 24.3. The van der Waals surface area contributed by atoms with Crippen molar-refractivity contribution in [2.75, 3.05) is 76.4 Å². The molecule has 2 atom stereocenters. The Kier molecular flexibility index (Phi) is 30.6. The Bertz CT molecular complexity index is 7070. The maximum atomic E-state index is 12.9. The number of benzene rings is 8. The number of alkyl halides is 6. The Morgan fingerprint density at radius 3 is 1.20 bits per heavy atom. The minimum atomic E-state index is -4.41. The van der Waals surface area contributed by atoms with Gasteiger partial charge in [0, 0.05) is 139 Å². The number of hydrogen-bond acceptors (Lipinski definition) is 14. The molecule has 0 spiro atoms. The van der Waals surface area contributed by atoms with Gasteiger partial charge in [-0.1, -0.05) is 123 Å². The molecule has 32 heteroatoms. The van der Waals surface area contributed by atoms with E-state index >= 15 is 0 Å². The van der Waals surface area contributed by atoms with E-state index in [1.54, 1.807) is 47.3 Å². The van der Waals surface area contributed by atoms with E-state index in [4.69, 9.17) is 42.1 Å². The molecule has 5 aromatic heterocycles. The van der Waals surface area contributed by atoms with Crippen LogP contribution in [-0.2, 0) is 28.4 Å². The van der Waals surface area contributed by atoms with E-state index in [2.05, 4.69) is 79.1 Å². The van der Waals surface area contributed by atoms with Gasteiger partial charge in [0.2, 0.25) is 0 Å². The number of nitrogens with one attached hydrogen (secondary N) is 9. The lowest BCUT2D eigenvalue weighted by Crippen LogP contribution is -2.40. The highest BCUT2D eigenvalue weighted by molar-refractivity contribution is 6.31. The number of allylic oxidation sites excluding steroid dienone is 5. The van der Waals surface area contributed by atoms with Crippen LogP contribution in [0.2, 0.25) is 10.0 Å². The number of rotatable bonds is 20. The van der Waals surface area contributed by atoms with E-state index in [1.807, 2.05) is 259 Å². The highest BCUT2D eigenvalue weighted by Gasteiger charge is 2.35. The summed E-state index contributed by atoms with van der Waals surface area (Å²) in [5.74, 6) is 4.17. The number of nitrogens with zero attached hydrogens (tertiary/aromatic N) is 6. The first-order chi connectivity index (χ1) is 68.7. The molecule has 2 saturated heterocycles. The topological polar surface area (TPSA) is 269 Å². The van der Waals surface area contributed by atoms with Crippen molar-refractivity contribution < 1.29 is 69.3 Å². The summed E-state index contributed by atoms with van der Waals surface area (Å²) in [4.78, 5) is 90.5. The van der Waals surface area contributed by atoms with Crippen molar-refractivity contribution >= 4 is 146 Å². The van der Waals surface area contributed by atoms with Gasteiger partial charge in [-0.3, -0.25) is 48.5 Å². The highest BCUT2D eigenvalue weighted by atomic mass is 35.5. The number of methoxy groups -OCH3 is 1. The van der Waals surface area contributed by atoms with E-state index in [0.29, 0.717) is 124 Å². The smallest absolute Gasteiger partial charge is 0.416 e. The largest absolute Gasteiger partial charge is 0.497 e. The van der Waals surface area contributed by atoms with Crippen molar-refractivity contribution in [3.63, 3.8) is 0 Å². The number of carbonyl (C=O) groups is 5. The van der Waals surface area contributed by atoms with Crippen LogP contribution in [0.3, 0.4) is 0 Å². The van der Waals surface area contributed by atoms with Crippen molar-refractivity contribution in [3.05, 3.63) is 417 Å². The zero-order valence-corrected chi connectivity index (χ0v) is 79.8. The molecule has 12 heterocycles. The van der Waals surface area contributed by atoms with Crippen molar-refractivity contribution in [1.82, 2.24) is 45.8 Å². The van der Waals surface area contributed by atoms with Crippen molar-refractivity contribution in [3.8, 4) is 11.5 Å². The number of amides is 5. The van der Waals surface area contributed by atoms with Crippen LogP contribution in [0.15, 0.2) is 328 Å². The Morgan fingerprint density at radius 1 is 0.427 bits per heavy atom. The van der Waals surface area contributed by atoms with Crippen molar-refractivity contribution in [2.24, 2.45) is 0 Å². The maximum absolute atomic E-state index is 12.9. The van der Waals surface area contributed by atoms with Crippen LogP contribution in [0.25, 0.3) is 30.4 Å². The lowest BCUT2D eigenvalue weighted by atomic mass is 10.1. The molecule has 143 heavy (non-hydrogen) atoms. The molecule has 2 unspecified atom stereocenters. The number of H-pyrrole nitrogens is 5. The van der Waals surface area contributed by atoms with Crippen molar-refractivity contribution in [1.29, 1.82) is 0 Å². The zero-order chi connectivity index (χ0) is 101. The molecule has 9 N–H and O–H groups in total. The fourth-order valence-electron chi connectivity index (χ4n) is 16.6. The molecule has 0 radical (unpaired) electrons. The summed E-state index contributed by atoms with van der Waals surface area (Å²) in [6.45, 7) is 30.3. The molecule has 13 aromatic rings. The summed E-state index contributed by atoms with van der Waals surface area (Å²) in [6, 6.07) is 67.6. The van der Waals surface area contributed by atoms with Gasteiger partial charge in [0.25, 0.3) is 29.5 Å². The third kappa shape index (κ3) is 23.9. The first kappa shape index (κ1) is 99.6. The molecule has 8 aromatic carbocycles. The molecule has 2 fully saturated rings. The van der Waals surface area contributed by atoms with Gasteiger partial charge in [0.1, 0.15) is 69.1 Å². The summed E-state index contributed by atoms with van der Waals surface area (Å²) in [7, 11) is 1.59. The molecule has 7 aliphatic rings. The minimum Gasteiger partial charge on any atom is -0.497 e. The molecule has 24 nitrogen and oxygen atoms in total. The minimum absolute atomic E-state index is 0.00670. The van der Waals surface area contributed by atoms with Gasteiger partial charge < -0.3 is 70.0 Å². The summed E-state index contributed by atoms with van der Waals surface area (Å²) in [5, 5.41) is 13.0. The lowest BCUT2D eigenvalue weighted by Gasteiger charge is -2.28. The van der Waals surface area contributed by atoms with Crippen LogP contribution in [-0.4, -0.2) is 118 Å². The Morgan fingerprint density at radius 2 is 0.804 bits per heavy atom. The Labute approximate surface area is 832 Å². The summed E-state index contributed by atoms with van der Waals surface area (Å²) < 4.78 is 99.2. The van der Waals surface area contributed by atoms with E-state index < -0.39 is 23.5 Å². The molecule has 20 rings (SSSR count). The van der Waals surface area contributed by atoms with E-state index in [9.17, 15) is 50.3 Å². The molecular weight excluding hydrogens is 1870 g/mol.